The van der Waals surface area contributed by atoms with E-state index in [0.717, 1.165) is 69.4 Å². The number of benzene rings is 14. The summed E-state index contributed by atoms with van der Waals surface area (Å²) in [6.07, 6.45) is 14.4. The normalized spacial score (nSPS) is 23.0. The van der Waals surface area contributed by atoms with Gasteiger partial charge in [0.05, 0.1) is 5.69 Å². The van der Waals surface area contributed by atoms with Crippen molar-refractivity contribution in [3.05, 3.63) is 355 Å². The van der Waals surface area contributed by atoms with Crippen molar-refractivity contribution < 1.29 is 0 Å². The number of fused-ring (bicyclic) bond motifs is 12. The predicted molar refractivity (Wildman–Crippen MR) is 463 cm³/mol. The first-order valence-electron chi connectivity index (χ1n) is 39.9. The van der Waals surface area contributed by atoms with Gasteiger partial charge in [0.2, 0.25) is 0 Å². The van der Waals surface area contributed by atoms with Gasteiger partial charge in [-0.05, 0) is 274 Å². The van der Waals surface area contributed by atoms with Gasteiger partial charge in [-0.15, -0.1) is 22.7 Å². The van der Waals surface area contributed by atoms with Crippen LogP contribution in [0.2, 0.25) is 5.02 Å². The summed E-state index contributed by atoms with van der Waals surface area (Å²) in [6, 6.07) is 121. The van der Waals surface area contributed by atoms with Crippen molar-refractivity contribution in [2.75, 3.05) is 10.2 Å². The summed E-state index contributed by atoms with van der Waals surface area (Å²) in [5, 5.41) is 9.73. The second-order valence-corrected chi connectivity index (χ2v) is 35.5. The molecule has 1 N–H and O–H groups in total. The Bertz CT molecular complexity index is 6150. The standard InChI is InChI=1S/C52H41NS.C28H25Cl.C24H17NS/c1-2-10-36(11-3-1)42-12-5-8-16-49(42)53(41-23-25-46-45-14-6-9-17-50(45)54-51(46)32-41)40-21-18-35(19-22-40)37-20-24-44-43-13-4-7-15-47(43)52(48(44)31-37)38-27-33-26-34(29-38)30-39(52)28-33;29-23-8-5-19(6-9-23)20-7-10-25-24-3-1-2-4-26(24)28(27(25)16-20)21-12-17-11-18(14-21)15-22(28)13-17;1-2-8-17(9-3-1)19-10-4-6-12-22(19)25-18-14-15-21-20-11-5-7-13-23(20)26-24(21)16-18/h1-25,31-34,38-39H,26-30H2;1-10,16-18,21-22H,11-15H2;1-16,25H. The number of halogens is 1. The quantitative estimate of drug-likeness (QED) is 0.155. The van der Waals surface area contributed by atoms with E-state index in [9.17, 15) is 0 Å². The predicted octanol–water partition coefficient (Wildman–Crippen LogP) is 29.8. The number of hydrogen-bond acceptors (Lipinski definition) is 4. The molecule has 0 radical (unpaired) electrons. The van der Waals surface area contributed by atoms with E-state index in [1.54, 1.807) is 22.3 Å². The monoisotopic (exact) mass is 1460 g/mol. The molecule has 2 spiro atoms. The first kappa shape index (κ1) is 65.5. The molecule has 2 nitrogen and oxygen atoms in total. The van der Waals surface area contributed by atoms with Crippen LogP contribution in [0.15, 0.2) is 328 Å². The van der Waals surface area contributed by atoms with Crippen molar-refractivity contribution >= 4 is 103 Å². The van der Waals surface area contributed by atoms with E-state index in [0.29, 0.717) is 0 Å². The molecule has 8 bridgehead atoms. The molecule has 0 saturated heterocycles. The lowest BCUT2D eigenvalue weighted by Gasteiger charge is -2.61. The van der Waals surface area contributed by atoms with Crippen LogP contribution in [-0.4, -0.2) is 0 Å². The third kappa shape index (κ3) is 10.7. The topological polar surface area (TPSA) is 15.3 Å². The van der Waals surface area contributed by atoms with Crippen molar-refractivity contribution in [3.8, 4) is 66.8 Å². The molecule has 8 saturated carbocycles. The zero-order valence-corrected chi connectivity index (χ0v) is 63.4. The summed E-state index contributed by atoms with van der Waals surface area (Å²) in [5.74, 6) is 7.04. The van der Waals surface area contributed by atoms with Crippen molar-refractivity contribution in [1.29, 1.82) is 0 Å². The van der Waals surface area contributed by atoms with Crippen LogP contribution in [0, 0.1) is 47.3 Å². The minimum Gasteiger partial charge on any atom is -0.355 e. The molecular weight excluding hydrogens is 1380 g/mol. The van der Waals surface area contributed by atoms with Crippen molar-refractivity contribution in [2.45, 2.75) is 75.0 Å². The highest BCUT2D eigenvalue weighted by atomic mass is 35.5. The number of hydrogen-bond donors (Lipinski definition) is 1. The Morgan fingerprint density at radius 1 is 0.275 bits per heavy atom. The average Bonchev–Trinajstić information content (AvgIpc) is 1.58. The fourth-order valence-electron chi connectivity index (χ4n) is 23.3. The molecule has 10 aliphatic rings. The Kier molecular flexibility index (Phi) is 15.8. The minimum absolute atomic E-state index is 0.179. The molecule has 0 unspecified atom stereocenters. The molecule has 8 fully saturated rings. The lowest BCUT2D eigenvalue weighted by molar-refractivity contribution is -0.0399. The lowest BCUT2D eigenvalue weighted by Crippen LogP contribution is -2.55. The number of nitrogens with one attached hydrogen (secondary N) is 1. The summed E-state index contributed by atoms with van der Waals surface area (Å²) >= 11 is 9.88. The highest BCUT2D eigenvalue weighted by molar-refractivity contribution is 7.26. The molecule has 109 heavy (non-hydrogen) atoms. The summed E-state index contributed by atoms with van der Waals surface area (Å²) in [4.78, 5) is 2.46. The van der Waals surface area contributed by atoms with Gasteiger partial charge in [-0.25, -0.2) is 0 Å². The fourth-order valence-corrected chi connectivity index (χ4v) is 25.8. The van der Waals surface area contributed by atoms with Gasteiger partial charge in [-0.2, -0.15) is 0 Å². The van der Waals surface area contributed by atoms with Crippen molar-refractivity contribution in [3.63, 3.8) is 0 Å². The maximum atomic E-state index is 6.15. The zero-order valence-electron chi connectivity index (χ0n) is 61.0. The maximum absolute atomic E-state index is 6.15. The Balaban J connectivity index is 0.000000112. The number of thiophene rings is 2. The number of para-hydroxylation sites is 2. The van der Waals surface area contributed by atoms with E-state index >= 15 is 0 Å². The van der Waals surface area contributed by atoms with Gasteiger partial charge >= 0.3 is 0 Å². The zero-order chi connectivity index (χ0) is 71.9. The molecule has 0 amide bonds. The summed E-state index contributed by atoms with van der Waals surface area (Å²) in [5.41, 5.74) is 28.8. The van der Waals surface area contributed by atoms with E-state index in [-0.39, 0.29) is 10.8 Å². The molecule has 2 heterocycles. The molecule has 0 atom stereocenters. The molecule has 10 aliphatic carbocycles. The molecule has 528 valence electrons. The van der Waals surface area contributed by atoms with Gasteiger partial charge in [0, 0.05) is 90.1 Å². The molecule has 26 rings (SSSR count). The van der Waals surface area contributed by atoms with Gasteiger partial charge in [0.25, 0.3) is 0 Å². The largest absolute Gasteiger partial charge is 0.355 e. The van der Waals surface area contributed by atoms with E-state index in [1.807, 2.05) is 34.8 Å². The third-order valence-corrected chi connectivity index (χ3v) is 29.8. The van der Waals surface area contributed by atoms with Crippen LogP contribution < -0.4 is 10.2 Å². The smallest absolute Gasteiger partial charge is 0.0540 e. The van der Waals surface area contributed by atoms with Crippen LogP contribution in [0.25, 0.3) is 107 Å². The Morgan fingerprint density at radius 2 is 0.670 bits per heavy atom. The van der Waals surface area contributed by atoms with Gasteiger partial charge in [-0.3, -0.25) is 0 Å². The van der Waals surface area contributed by atoms with Crippen LogP contribution in [0.5, 0.6) is 0 Å². The first-order valence-corrected chi connectivity index (χ1v) is 41.9. The second kappa shape index (κ2) is 26.3. The number of nitrogens with zero attached hydrogens (tertiary/aromatic N) is 1. The van der Waals surface area contributed by atoms with E-state index in [2.05, 4.69) is 326 Å². The van der Waals surface area contributed by atoms with E-state index in [1.165, 1.54) is 183 Å². The summed E-state index contributed by atoms with van der Waals surface area (Å²) < 4.78 is 5.29. The lowest BCUT2D eigenvalue weighted by atomic mass is 9.43. The van der Waals surface area contributed by atoms with Gasteiger partial charge in [-0.1, -0.05) is 254 Å². The fraction of sp³-hybridized carbons (Fsp3) is 0.192. The van der Waals surface area contributed by atoms with Gasteiger partial charge in [0.1, 0.15) is 0 Å². The van der Waals surface area contributed by atoms with Crippen LogP contribution >= 0.6 is 34.3 Å². The molecule has 0 aliphatic heterocycles. The highest BCUT2D eigenvalue weighted by Crippen LogP contribution is 2.71. The molecular formula is C104H83ClN2S2. The number of rotatable bonds is 9. The molecule has 16 aromatic rings. The van der Waals surface area contributed by atoms with Crippen LogP contribution in [0.4, 0.5) is 28.4 Å². The SMILES string of the molecule is Clc1ccc(-c2ccc3c(c2)C2(c4ccccc4-3)C3CC4CC(C3)CC2C4)cc1.c1ccc(-c2ccccc2N(c2ccc(-c3ccc4c(c3)C3(c5ccccc5-4)C4CC5CC(C4)CC3C5)cc2)c2ccc3c(c2)sc2ccccc23)cc1.c1ccc(-c2ccccc2Nc2ccc3c(c2)sc2ccccc23)cc1. The minimum atomic E-state index is 0.179. The van der Waals surface area contributed by atoms with Gasteiger partial charge < -0.3 is 10.2 Å². The molecule has 14 aromatic carbocycles. The Hall–Kier alpha value is -10.6. The van der Waals surface area contributed by atoms with E-state index < -0.39 is 0 Å². The first-order chi connectivity index (χ1) is 53.8. The van der Waals surface area contributed by atoms with Crippen molar-refractivity contribution in [2.24, 2.45) is 47.3 Å². The number of anilines is 5. The van der Waals surface area contributed by atoms with Crippen molar-refractivity contribution in [1.82, 2.24) is 0 Å². The summed E-state index contributed by atoms with van der Waals surface area (Å²) in [6.45, 7) is 0. The Morgan fingerprint density at radius 3 is 1.21 bits per heavy atom. The third-order valence-electron chi connectivity index (χ3n) is 27.3. The van der Waals surface area contributed by atoms with E-state index in [4.69, 9.17) is 11.6 Å². The second-order valence-electron chi connectivity index (χ2n) is 32.9. The van der Waals surface area contributed by atoms with Crippen LogP contribution in [0.3, 0.4) is 0 Å². The van der Waals surface area contributed by atoms with Crippen LogP contribution in [-0.2, 0) is 10.8 Å². The van der Waals surface area contributed by atoms with Crippen LogP contribution in [0.1, 0.15) is 86.5 Å². The maximum Gasteiger partial charge on any atom is 0.0540 e. The highest BCUT2D eigenvalue weighted by Gasteiger charge is 2.63. The Labute approximate surface area is 652 Å². The summed E-state index contributed by atoms with van der Waals surface area (Å²) in [7, 11) is 0. The molecule has 5 heteroatoms. The van der Waals surface area contributed by atoms with Gasteiger partial charge in [0.15, 0.2) is 0 Å². The molecule has 2 aromatic heterocycles. The average molecular weight is 1460 g/mol.